The fraction of sp³-hybridized carbons (Fsp3) is 0. The van der Waals surface area contributed by atoms with Crippen LogP contribution in [0.4, 0.5) is 0 Å². The Hall–Kier alpha value is -0.620. The summed E-state index contributed by atoms with van der Waals surface area (Å²) in [6.07, 6.45) is 1.64. The smallest absolute Gasteiger partial charge is 0.157 e. The summed E-state index contributed by atoms with van der Waals surface area (Å²) in [5.41, 5.74) is 1.02. The molecule has 0 saturated carbocycles. The van der Waals surface area contributed by atoms with Gasteiger partial charge in [0.05, 0.1) is 19.7 Å². The van der Waals surface area contributed by atoms with Crippen molar-refractivity contribution < 1.29 is 0 Å². The molecule has 2 nitrogen and oxygen atoms in total. The third-order valence-corrected chi connectivity index (χ3v) is 5.42. The van der Waals surface area contributed by atoms with Gasteiger partial charge in [0.2, 0.25) is 0 Å². The number of rotatable bonds is 2. The second-order valence-corrected chi connectivity index (χ2v) is 7.05. The molecule has 3 rings (SSSR count). The summed E-state index contributed by atoms with van der Waals surface area (Å²) >= 11 is 12.5. The van der Waals surface area contributed by atoms with Gasteiger partial charge in [-0.3, -0.25) is 0 Å². The van der Waals surface area contributed by atoms with Gasteiger partial charge < -0.3 is 0 Å². The first-order valence-electron chi connectivity index (χ1n) is 5.07. The van der Waals surface area contributed by atoms with Crippen LogP contribution in [-0.2, 0) is 0 Å². The lowest BCUT2D eigenvalue weighted by Gasteiger charge is -2.00. The monoisotopic (exact) mass is 356 g/mol. The molecule has 0 aliphatic heterocycles. The molecule has 0 aliphatic carbocycles. The van der Waals surface area contributed by atoms with Crippen LogP contribution in [0.1, 0.15) is 0 Å². The highest BCUT2D eigenvalue weighted by Gasteiger charge is 2.09. The van der Waals surface area contributed by atoms with Gasteiger partial charge in [0.1, 0.15) is 5.03 Å². The SMILES string of the molecule is Clc1cnc(Sc2nc3ccccc3s2)c(Br)c1. The summed E-state index contributed by atoms with van der Waals surface area (Å²) in [6, 6.07) is 9.93. The molecule has 0 bridgehead atoms. The lowest BCUT2D eigenvalue weighted by atomic mass is 10.3. The van der Waals surface area contributed by atoms with E-state index < -0.39 is 0 Å². The number of pyridine rings is 1. The van der Waals surface area contributed by atoms with E-state index in [9.17, 15) is 0 Å². The Bertz CT molecular complexity index is 681. The van der Waals surface area contributed by atoms with Gasteiger partial charge in [0.15, 0.2) is 4.34 Å². The van der Waals surface area contributed by atoms with Crippen LogP contribution < -0.4 is 0 Å². The van der Waals surface area contributed by atoms with Crippen molar-refractivity contribution in [2.45, 2.75) is 9.37 Å². The summed E-state index contributed by atoms with van der Waals surface area (Å²) < 4.78 is 3.05. The van der Waals surface area contributed by atoms with Crippen LogP contribution in [-0.4, -0.2) is 9.97 Å². The van der Waals surface area contributed by atoms with E-state index in [0.29, 0.717) is 5.02 Å². The molecule has 0 saturated heterocycles. The predicted octanol–water partition coefficient (Wildman–Crippen LogP) is 5.26. The van der Waals surface area contributed by atoms with Crippen LogP contribution in [0.25, 0.3) is 10.2 Å². The Morgan fingerprint density at radius 1 is 1.28 bits per heavy atom. The molecular weight excluding hydrogens is 352 g/mol. The van der Waals surface area contributed by atoms with Crippen molar-refractivity contribution in [3.05, 3.63) is 46.0 Å². The highest BCUT2D eigenvalue weighted by Crippen LogP contribution is 2.37. The van der Waals surface area contributed by atoms with Crippen LogP contribution in [0.15, 0.2) is 50.4 Å². The minimum absolute atomic E-state index is 0.621. The fourth-order valence-electron chi connectivity index (χ4n) is 1.45. The molecule has 0 spiro atoms. The third-order valence-electron chi connectivity index (χ3n) is 2.23. The molecule has 0 radical (unpaired) electrons. The van der Waals surface area contributed by atoms with Crippen LogP contribution in [0.3, 0.4) is 0 Å². The first kappa shape index (κ1) is 12.4. The van der Waals surface area contributed by atoms with E-state index >= 15 is 0 Å². The fourth-order valence-corrected chi connectivity index (χ4v) is 4.28. The standard InChI is InChI=1S/C12H6BrClN2S2/c13-8-5-7(14)6-15-11(8)18-12-16-9-3-1-2-4-10(9)17-12/h1-6H. The molecule has 90 valence electrons. The van der Waals surface area contributed by atoms with E-state index in [1.54, 1.807) is 17.5 Å². The Morgan fingerprint density at radius 2 is 2.11 bits per heavy atom. The summed E-state index contributed by atoms with van der Waals surface area (Å²) in [6.45, 7) is 0. The summed E-state index contributed by atoms with van der Waals surface area (Å²) in [4.78, 5) is 8.85. The number of para-hydroxylation sites is 1. The van der Waals surface area contributed by atoms with Crippen molar-refractivity contribution in [3.8, 4) is 0 Å². The maximum Gasteiger partial charge on any atom is 0.157 e. The molecule has 0 fully saturated rings. The molecule has 6 heteroatoms. The first-order valence-corrected chi connectivity index (χ1v) is 7.87. The van der Waals surface area contributed by atoms with Gasteiger partial charge in [0, 0.05) is 6.20 Å². The van der Waals surface area contributed by atoms with Crippen molar-refractivity contribution in [1.82, 2.24) is 9.97 Å². The summed E-state index contributed by atoms with van der Waals surface area (Å²) in [5, 5.41) is 1.49. The lowest BCUT2D eigenvalue weighted by molar-refractivity contribution is 1.10. The molecule has 0 aliphatic rings. The molecule has 0 N–H and O–H groups in total. The van der Waals surface area contributed by atoms with Gasteiger partial charge in [-0.25, -0.2) is 9.97 Å². The highest BCUT2D eigenvalue weighted by atomic mass is 79.9. The number of fused-ring (bicyclic) bond motifs is 1. The molecule has 18 heavy (non-hydrogen) atoms. The average Bonchev–Trinajstić information content (AvgIpc) is 2.75. The minimum atomic E-state index is 0.621. The maximum atomic E-state index is 5.87. The zero-order chi connectivity index (χ0) is 12.5. The molecule has 2 heterocycles. The van der Waals surface area contributed by atoms with Crippen LogP contribution >= 0.6 is 50.6 Å². The van der Waals surface area contributed by atoms with Gasteiger partial charge in [0.25, 0.3) is 0 Å². The van der Waals surface area contributed by atoms with Crippen LogP contribution in [0.2, 0.25) is 5.02 Å². The Labute approximate surface area is 126 Å². The average molecular weight is 358 g/mol. The van der Waals surface area contributed by atoms with Crippen molar-refractivity contribution in [2.24, 2.45) is 0 Å². The van der Waals surface area contributed by atoms with Gasteiger partial charge in [-0.05, 0) is 45.9 Å². The normalized spacial score (nSPS) is 11.0. The van der Waals surface area contributed by atoms with E-state index in [1.165, 1.54) is 16.5 Å². The van der Waals surface area contributed by atoms with E-state index in [1.807, 2.05) is 24.3 Å². The van der Waals surface area contributed by atoms with Crippen LogP contribution in [0.5, 0.6) is 0 Å². The molecule has 2 aromatic heterocycles. The topological polar surface area (TPSA) is 25.8 Å². The quantitative estimate of drug-likeness (QED) is 0.626. The lowest BCUT2D eigenvalue weighted by Crippen LogP contribution is -1.81. The Balaban J connectivity index is 1.96. The van der Waals surface area contributed by atoms with Crippen LogP contribution in [0, 0.1) is 0 Å². The number of halogens is 2. The summed E-state index contributed by atoms with van der Waals surface area (Å²) in [7, 11) is 0. The minimum Gasteiger partial charge on any atom is -0.247 e. The maximum absolute atomic E-state index is 5.87. The zero-order valence-corrected chi connectivity index (χ0v) is 12.9. The molecular formula is C12H6BrClN2S2. The number of nitrogens with zero attached hydrogens (tertiary/aromatic N) is 2. The first-order chi connectivity index (χ1) is 8.72. The second kappa shape index (κ2) is 5.17. The highest BCUT2D eigenvalue weighted by molar-refractivity contribution is 9.10. The van der Waals surface area contributed by atoms with Crippen molar-refractivity contribution in [2.75, 3.05) is 0 Å². The van der Waals surface area contributed by atoms with Gasteiger partial charge in [-0.15, -0.1) is 11.3 Å². The largest absolute Gasteiger partial charge is 0.247 e. The predicted molar refractivity (Wildman–Crippen MR) is 80.7 cm³/mol. The van der Waals surface area contributed by atoms with Gasteiger partial charge >= 0.3 is 0 Å². The van der Waals surface area contributed by atoms with E-state index in [4.69, 9.17) is 11.6 Å². The van der Waals surface area contributed by atoms with Crippen molar-refractivity contribution >= 4 is 60.8 Å². The zero-order valence-electron chi connectivity index (χ0n) is 8.93. The molecule has 0 atom stereocenters. The van der Waals surface area contributed by atoms with Crippen molar-refractivity contribution in [1.29, 1.82) is 0 Å². The van der Waals surface area contributed by atoms with Crippen molar-refractivity contribution in [3.63, 3.8) is 0 Å². The molecule has 0 amide bonds. The molecule has 0 unspecified atom stereocenters. The molecule has 3 aromatic rings. The number of aromatic nitrogens is 2. The number of hydrogen-bond donors (Lipinski definition) is 0. The number of thiazole rings is 1. The number of hydrogen-bond acceptors (Lipinski definition) is 4. The summed E-state index contributed by atoms with van der Waals surface area (Å²) in [5.74, 6) is 0. The Morgan fingerprint density at radius 3 is 2.89 bits per heavy atom. The van der Waals surface area contributed by atoms with E-state index in [2.05, 4.69) is 32.0 Å². The third kappa shape index (κ3) is 2.54. The second-order valence-electron chi connectivity index (χ2n) is 3.49. The molecule has 1 aromatic carbocycles. The number of benzene rings is 1. The van der Waals surface area contributed by atoms with E-state index in [-0.39, 0.29) is 0 Å². The van der Waals surface area contributed by atoms with Gasteiger partial charge in [-0.1, -0.05) is 23.7 Å². The Kier molecular flexibility index (Phi) is 3.56. The van der Waals surface area contributed by atoms with Gasteiger partial charge in [-0.2, -0.15) is 0 Å². The van der Waals surface area contributed by atoms with E-state index in [0.717, 1.165) is 19.4 Å².